The molecule has 6 rings (SSSR count). The van der Waals surface area contributed by atoms with Gasteiger partial charge in [-0.25, -0.2) is 0 Å². The van der Waals surface area contributed by atoms with Crippen molar-refractivity contribution in [3.05, 3.63) is 108 Å². The smallest absolute Gasteiger partial charge is 0.375 e. The predicted molar refractivity (Wildman–Crippen MR) is 163 cm³/mol. The summed E-state index contributed by atoms with van der Waals surface area (Å²) in [6.07, 6.45) is 3.63. The van der Waals surface area contributed by atoms with Crippen LogP contribution in [0.5, 0.6) is 5.75 Å². The Hall–Kier alpha value is -4.49. The van der Waals surface area contributed by atoms with E-state index in [1.807, 2.05) is 67.6 Å². The van der Waals surface area contributed by atoms with E-state index in [4.69, 9.17) is 9.15 Å². The summed E-state index contributed by atoms with van der Waals surface area (Å²) in [5, 5.41) is 1.75. The molecular formula is C31H27N2O8S2+. The van der Waals surface area contributed by atoms with Crippen LogP contribution in [0.2, 0.25) is 0 Å². The molecule has 0 atom stereocenters. The van der Waals surface area contributed by atoms with Gasteiger partial charge in [0.15, 0.2) is 11.6 Å². The minimum Gasteiger partial charge on any atom is -0.439 e. The molecular weight excluding hydrogens is 592 g/mol. The van der Waals surface area contributed by atoms with Crippen LogP contribution in [0.25, 0.3) is 39.1 Å². The van der Waals surface area contributed by atoms with Crippen molar-refractivity contribution >= 4 is 53.9 Å². The zero-order chi connectivity index (χ0) is 30.4. The van der Waals surface area contributed by atoms with Crippen LogP contribution in [-0.2, 0) is 26.1 Å². The number of nitrogens with zero attached hydrogens (tertiary/aromatic N) is 2. The fourth-order valence-electron chi connectivity index (χ4n) is 5.07. The normalized spacial score (nSPS) is 14.9. The minimum atomic E-state index is -4.46. The number of hydrogen-bond acceptors (Lipinski definition) is 7. The molecule has 2 N–H and O–H groups in total. The number of anilines is 1. The number of hydrogen-bond donors (Lipinski definition) is 2. The summed E-state index contributed by atoms with van der Waals surface area (Å²) < 4.78 is 81.0. The van der Waals surface area contributed by atoms with Crippen LogP contribution in [0, 0.1) is 0 Å². The second kappa shape index (κ2) is 11.0. The summed E-state index contributed by atoms with van der Waals surface area (Å²) in [4.78, 5) is 1.36. The molecule has 2 heterocycles. The maximum atomic E-state index is 12.0. The molecule has 0 unspecified atom stereocenters. The molecule has 1 aliphatic heterocycles. The number of fused-ring (bicyclic) bond motifs is 3. The fraction of sp³-hybridized carbons (Fsp3) is 0.129. The topological polar surface area (TPSA) is 138 Å². The van der Waals surface area contributed by atoms with Crippen LogP contribution in [0.1, 0.15) is 19.2 Å². The second-order valence-corrected chi connectivity index (χ2v) is 12.9. The lowest BCUT2D eigenvalue weighted by atomic mass is 10.0. The van der Waals surface area contributed by atoms with E-state index in [0.717, 1.165) is 21.9 Å². The molecule has 12 heteroatoms. The molecule has 1 aliphatic rings. The van der Waals surface area contributed by atoms with E-state index in [0.29, 0.717) is 34.5 Å². The van der Waals surface area contributed by atoms with Crippen molar-refractivity contribution in [2.75, 3.05) is 10.8 Å². The summed E-state index contributed by atoms with van der Waals surface area (Å²) in [6, 6.07) is 26.0. The molecule has 5 aromatic rings. The van der Waals surface area contributed by atoms with Gasteiger partial charge in [-0.15, -0.1) is 4.57 Å². The van der Waals surface area contributed by atoms with Gasteiger partial charge in [0, 0.05) is 12.1 Å². The highest BCUT2D eigenvalue weighted by Gasteiger charge is 2.31. The zero-order valence-electron chi connectivity index (χ0n) is 22.9. The Kier molecular flexibility index (Phi) is 7.30. The van der Waals surface area contributed by atoms with E-state index in [9.17, 15) is 25.9 Å². The largest absolute Gasteiger partial charge is 0.439 e. The first-order chi connectivity index (χ1) is 20.5. The predicted octanol–water partition coefficient (Wildman–Crippen LogP) is 5.76. The molecule has 43 heavy (non-hydrogen) atoms. The van der Waals surface area contributed by atoms with E-state index in [1.165, 1.54) is 9.47 Å². The average molecular weight is 620 g/mol. The quantitative estimate of drug-likeness (QED) is 0.164. The lowest BCUT2D eigenvalue weighted by Gasteiger charge is -2.17. The van der Waals surface area contributed by atoms with Crippen LogP contribution < -0.4 is 14.2 Å². The van der Waals surface area contributed by atoms with Crippen molar-refractivity contribution in [3.8, 4) is 16.9 Å². The molecule has 0 amide bonds. The Morgan fingerprint density at radius 2 is 1.56 bits per heavy atom. The van der Waals surface area contributed by atoms with Crippen molar-refractivity contribution in [2.45, 2.75) is 19.2 Å². The first-order valence-electron chi connectivity index (χ1n) is 13.3. The standard InChI is InChI=1S/C31H26N2O8S2/c1-2-21(15-31-33(20-43(37,38)39)27-16-23-10-6-7-11-24(23)18-29(27)41-31)14-30-32(19-42(34,35)36)26-17-25(12-13-28(26)40-30)22-8-4-3-5-9-22/h3-18H,2,19-20H2,1H3,(H-,34,35,36,37,38,39)/p+1. The zero-order valence-corrected chi connectivity index (χ0v) is 24.5. The lowest BCUT2D eigenvalue weighted by molar-refractivity contribution is -0.658. The summed E-state index contributed by atoms with van der Waals surface area (Å²) in [6.45, 7) is 1.86. The van der Waals surface area contributed by atoms with Gasteiger partial charge >= 0.3 is 16.0 Å². The molecule has 0 radical (unpaired) electrons. The molecule has 1 aromatic heterocycles. The van der Waals surface area contributed by atoms with Crippen LogP contribution in [-0.4, -0.2) is 31.8 Å². The van der Waals surface area contributed by atoms with Crippen LogP contribution in [0.15, 0.2) is 107 Å². The van der Waals surface area contributed by atoms with Gasteiger partial charge in [-0.2, -0.15) is 16.8 Å². The number of ether oxygens (including phenoxy) is 1. The number of allylic oxidation sites excluding steroid dienone is 2. The highest BCUT2D eigenvalue weighted by atomic mass is 32.2. The number of rotatable bonds is 8. The molecule has 4 aromatic carbocycles. The number of oxazole rings is 1. The van der Waals surface area contributed by atoms with Gasteiger partial charge in [0.25, 0.3) is 21.5 Å². The Balaban J connectivity index is 1.46. The van der Waals surface area contributed by atoms with Gasteiger partial charge < -0.3 is 9.15 Å². The highest BCUT2D eigenvalue weighted by Crippen LogP contribution is 2.42. The average Bonchev–Trinajstić information content (AvgIpc) is 3.45. The van der Waals surface area contributed by atoms with Crippen LogP contribution in [0.4, 0.5) is 5.69 Å². The molecule has 0 spiro atoms. The molecule has 10 nitrogen and oxygen atoms in total. The van der Waals surface area contributed by atoms with Crippen molar-refractivity contribution in [1.82, 2.24) is 0 Å². The molecule has 0 fully saturated rings. The highest BCUT2D eigenvalue weighted by molar-refractivity contribution is 7.85. The third kappa shape index (κ3) is 6.18. The van der Waals surface area contributed by atoms with Crippen molar-refractivity contribution < 1.29 is 39.7 Å². The van der Waals surface area contributed by atoms with Crippen molar-refractivity contribution in [3.63, 3.8) is 0 Å². The first-order valence-corrected chi connectivity index (χ1v) is 16.5. The Labute approximate surface area is 248 Å². The molecule has 0 aliphatic carbocycles. The SMILES string of the molecule is CCC(=C/c1oc2cc3ccccc3cc2[n+]1CS(=O)(=O)O)/C=C1\Oc2ccc(-c3ccccc3)cc2N1CS(=O)(=O)O. The molecule has 0 saturated heterocycles. The van der Waals surface area contributed by atoms with Gasteiger partial charge in [0.1, 0.15) is 0 Å². The third-order valence-corrected chi connectivity index (χ3v) is 8.22. The van der Waals surface area contributed by atoms with Gasteiger partial charge in [0.2, 0.25) is 11.5 Å². The third-order valence-electron chi connectivity index (χ3n) is 7.05. The maximum absolute atomic E-state index is 12.0. The maximum Gasteiger partial charge on any atom is 0.375 e. The number of benzene rings is 4. The second-order valence-electron chi connectivity index (χ2n) is 10.1. The van der Waals surface area contributed by atoms with E-state index in [1.54, 1.807) is 36.4 Å². The first kappa shape index (κ1) is 28.6. The van der Waals surface area contributed by atoms with Crippen molar-refractivity contribution in [1.29, 1.82) is 0 Å². The minimum absolute atomic E-state index is 0.147. The fourth-order valence-corrected chi connectivity index (χ4v) is 6.25. The Morgan fingerprint density at radius 3 is 2.23 bits per heavy atom. The summed E-state index contributed by atoms with van der Waals surface area (Å²) >= 11 is 0. The number of aromatic nitrogens is 1. The Bertz CT molecular complexity index is 2150. The molecule has 220 valence electrons. The van der Waals surface area contributed by atoms with Gasteiger partial charge in [0.05, 0.1) is 11.8 Å². The van der Waals surface area contributed by atoms with Crippen LogP contribution in [0.3, 0.4) is 0 Å². The summed E-state index contributed by atoms with van der Waals surface area (Å²) in [7, 11) is -8.90. The van der Waals surface area contributed by atoms with Crippen molar-refractivity contribution in [2.24, 2.45) is 0 Å². The van der Waals surface area contributed by atoms with E-state index >= 15 is 0 Å². The van der Waals surface area contributed by atoms with Gasteiger partial charge in [-0.05, 0) is 52.1 Å². The lowest BCUT2D eigenvalue weighted by Crippen LogP contribution is -2.39. The Morgan fingerprint density at radius 1 is 0.860 bits per heavy atom. The molecule has 0 bridgehead atoms. The summed E-state index contributed by atoms with van der Waals surface area (Å²) in [5.41, 5.74) is 3.69. The summed E-state index contributed by atoms with van der Waals surface area (Å²) in [5.74, 6) is -0.784. The monoisotopic (exact) mass is 619 g/mol. The van der Waals surface area contributed by atoms with Gasteiger partial charge in [-0.3, -0.25) is 14.0 Å². The van der Waals surface area contributed by atoms with Gasteiger partial charge in [-0.1, -0.05) is 67.6 Å². The van der Waals surface area contributed by atoms with E-state index < -0.39 is 32.0 Å². The van der Waals surface area contributed by atoms with Crippen LogP contribution >= 0.6 is 0 Å². The molecule has 0 saturated carbocycles. The van der Waals surface area contributed by atoms with E-state index in [2.05, 4.69) is 0 Å². The van der Waals surface area contributed by atoms with E-state index in [-0.39, 0.29) is 11.8 Å².